The Morgan fingerprint density at radius 2 is 1.63 bits per heavy atom. The van der Waals surface area contributed by atoms with Crippen LogP contribution < -0.4 is 21.3 Å². The van der Waals surface area contributed by atoms with Crippen LogP contribution in [0.5, 0.6) is 0 Å². The lowest BCUT2D eigenvalue weighted by molar-refractivity contribution is -0.144. The fraction of sp³-hybridized carbons (Fsp3) is 0.692. The van der Waals surface area contributed by atoms with Gasteiger partial charge in [0.2, 0.25) is 23.5 Å². The number of urea groups is 1. The third kappa shape index (κ3) is 7.79. The molecule has 6 rings (SSSR count). The molecule has 0 aromatic heterocycles. The zero-order valence-electron chi connectivity index (χ0n) is 31.1. The molecule has 1 unspecified atom stereocenters. The molecule has 12 heteroatoms. The molecule has 12 nitrogen and oxygen atoms in total. The molecular formula is C39H56N6O6. The van der Waals surface area contributed by atoms with E-state index < -0.39 is 41.8 Å². The Hall–Kier alpha value is -3.96. The number of likely N-dealkylation sites (tertiary alicyclic amines) is 2. The molecule has 6 amide bonds. The SMILES string of the molecule is CCC(NC(=O)[C@@H]1[C@@H]2[C@H](CN1C(=O)[C@@H](NC(=O)N[C@H](CN1CCCCC1=O)C(C)(C)C)C1Cc3ccccc3C1)C2(C)C)C(=O)C(=O)NC1CC1. The van der Waals surface area contributed by atoms with Gasteiger partial charge < -0.3 is 31.1 Å². The Bertz CT molecular complexity index is 1540. The summed E-state index contributed by atoms with van der Waals surface area (Å²) in [5.74, 6) is -2.31. The molecule has 278 valence electrons. The lowest BCUT2D eigenvalue weighted by Gasteiger charge is -2.38. The highest BCUT2D eigenvalue weighted by Gasteiger charge is 2.70. The summed E-state index contributed by atoms with van der Waals surface area (Å²) in [6, 6.07) is 4.45. The standard InChI is InChI=1S/C39H56N6O6/c1-7-27(33(47)35(49)40-25-15-16-25)41-34(48)32-30-26(39(30,5)6)20-45(32)36(50)31(24-18-22-12-8-9-13-23(22)19-24)43-37(51)42-28(38(2,3)4)21-44-17-11-10-14-29(44)46/h8-9,12-13,24-28,30-32H,7,10-11,14-21H2,1-6H3,(H,40,49)(H,41,48)(H2,42,43,51)/t26-,27?,28+,30-,31-,32-/m0/s1. The van der Waals surface area contributed by atoms with Crippen molar-refractivity contribution < 1.29 is 28.8 Å². The van der Waals surface area contributed by atoms with Crippen LogP contribution in [0.2, 0.25) is 0 Å². The Balaban J connectivity index is 1.22. The lowest BCUT2D eigenvalue weighted by Crippen LogP contribution is -2.62. The van der Waals surface area contributed by atoms with E-state index in [0.717, 1.165) is 36.8 Å². The molecule has 2 aliphatic heterocycles. The van der Waals surface area contributed by atoms with E-state index in [9.17, 15) is 28.8 Å². The molecule has 1 aromatic carbocycles. The minimum Gasteiger partial charge on any atom is -0.347 e. The van der Waals surface area contributed by atoms with Crippen LogP contribution in [0.1, 0.15) is 91.2 Å². The van der Waals surface area contributed by atoms with Gasteiger partial charge in [-0.05, 0) is 84.7 Å². The maximum atomic E-state index is 14.8. The molecule has 2 saturated carbocycles. The molecule has 4 fully saturated rings. The summed E-state index contributed by atoms with van der Waals surface area (Å²) < 4.78 is 0. The number of rotatable bonds is 12. The maximum absolute atomic E-state index is 14.8. The highest BCUT2D eigenvalue weighted by molar-refractivity contribution is 6.38. The lowest BCUT2D eigenvalue weighted by atomic mass is 9.86. The molecule has 6 atom stereocenters. The zero-order valence-corrected chi connectivity index (χ0v) is 31.1. The second-order valence-electron chi connectivity index (χ2n) is 17.2. The van der Waals surface area contributed by atoms with Crippen LogP contribution in [0.25, 0.3) is 0 Å². The van der Waals surface area contributed by atoms with Crippen molar-refractivity contribution in [2.45, 2.75) is 123 Å². The van der Waals surface area contributed by atoms with Crippen molar-refractivity contribution in [2.24, 2.45) is 28.6 Å². The number of benzene rings is 1. The van der Waals surface area contributed by atoms with Gasteiger partial charge in [0.25, 0.3) is 5.91 Å². The van der Waals surface area contributed by atoms with Crippen molar-refractivity contribution in [1.29, 1.82) is 0 Å². The first-order valence-corrected chi connectivity index (χ1v) is 19.0. The van der Waals surface area contributed by atoms with E-state index in [1.807, 2.05) is 49.9 Å². The number of hydrogen-bond donors (Lipinski definition) is 4. The number of carbonyl (C=O) groups is 6. The van der Waals surface area contributed by atoms with Crippen LogP contribution in [-0.2, 0) is 36.8 Å². The van der Waals surface area contributed by atoms with Crippen LogP contribution in [0.3, 0.4) is 0 Å². The number of ketones is 1. The van der Waals surface area contributed by atoms with Gasteiger partial charge in [-0.3, -0.25) is 24.0 Å². The van der Waals surface area contributed by atoms with Crippen molar-refractivity contribution in [3.8, 4) is 0 Å². The zero-order chi connectivity index (χ0) is 36.8. The van der Waals surface area contributed by atoms with Crippen LogP contribution in [0, 0.1) is 28.6 Å². The normalized spacial score (nSPS) is 25.6. The average Bonchev–Trinajstić information content (AvgIpc) is 3.83. The summed E-state index contributed by atoms with van der Waals surface area (Å²) in [5.41, 5.74) is 1.72. The molecule has 2 saturated heterocycles. The summed E-state index contributed by atoms with van der Waals surface area (Å²) in [6.45, 7) is 13.4. The summed E-state index contributed by atoms with van der Waals surface area (Å²) in [5, 5.41) is 11.7. The van der Waals surface area contributed by atoms with Gasteiger partial charge in [-0.15, -0.1) is 0 Å². The third-order valence-electron chi connectivity index (χ3n) is 12.2. The molecular weight excluding hydrogens is 648 g/mol. The molecule has 1 aromatic rings. The Kier molecular flexibility index (Phi) is 10.3. The van der Waals surface area contributed by atoms with Crippen molar-refractivity contribution in [2.75, 3.05) is 19.6 Å². The van der Waals surface area contributed by atoms with Crippen molar-refractivity contribution in [3.05, 3.63) is 35.4 Å². The number of carbonyl (C=O) groups excluding carboxylic acids is 6. The van der Waals surface area contributed by atoms with Gasteiger partial charge in [0.05, 0.1) is 12.1 Å². The maximum Gasteiger partial charge on any atom is 0.315 e. The smallest absolute Gasteiger partial charge is 0.315 e. The number of hydrogen-bond acceptors (Lipinski definition) is 6. The summed E-state index contributed by atoms with van der Waals surface area (Å²) in [4.78, 5) is 84.6. The summed E-state index contributed by atoms with van der Waals surface area (Å²) >= 11 is 0. The fourth-order valence-corrected chi connectivity index (χ4v) is 8.61. The minimum atomic E-state index is -1.00. The van der Waals surface area contributed by atoms with Crippen LogP contribution >= 0.6 is 0 Å². The van der Waals surface area contributed by atoms with Gasteiger partial charge in [0.15, 0.2) is 0 Å². The summed E-state index contributed by atoms with van der Waals surface area (Å²) in [6.07, 6.45) is 5.43. The Labute approximate surface area is 301 Å². The van der Waals surface area contributed by atoms with E-state index in [-0.39, 0.29) is 58.9 Å². The topological polar surface area (TPSA) is 157 Å². The monoisotopic (exact) mass is 704 g/mol. The second-order valence-corrected chi connectivity index (χ2v) is 17.2. The quantitative estimate of drug-likeness (QED) is 0.245. The molecule has 5 aliphatic rings. The largest absolute Gasteiger partial charge is 0.347 e. The van der Waals surface area contributed by atoms with Crippen LogP contribution in [0.15, 0.2) is 24.3 Å². The number of amides is 6. The molecule has 51 heavy (non-hydrogen) atoms. The first-order valence-electron chi connectivity index (χ1n) is 19.0. The van der Waals surface area contributed by atoms with Gasteiger partial charge in [0.1, 0.15) is 12.1 Å². The molecule has 3 aliphatic carbocycles. The summed E-state index contributed by atoms with van der Waals surface area (Å²) in [7, 11) is 0. The fourth-order valence-electron chi connectivity index (χ4n) is 8.61. The van der Waals surface area contributed by atoms with Gasteiger partial charge in [-0.1, -0.05) is 65.8 Å². The minimum absolute atomic E-state index is 0.0138. The highest BCUT2D eigenvalue weighted by Crippen LogP contribution is 2.65. The molecule has 0 spiro atoms. The van der Waals surface area contributed by atoms with Crippen molar-refractivity contribution >= 4 is 35.4 Å². The van der Waals surface area contributed by atoms with Crippen molar-refractivity contribution in [3.63, 3.8) is 0 Å². The average molecular weight is 705 g/mol. The Morgan fingerprint density at radius 3 is 2.22 bits per heavy atom. The molecule has 2 heterocycles. The van der Waals surface area contributed by atoms with E-state index in [1.165, 1.54) is 0 Å². The van der Waals surface area contributed by atoms with E-state index >= 15 is 0 Å². The molecule has 4 N–H and O–H groups in total. The Morgan fingerprint density at radius 1 is 0.961 bits per heavy atom. The van der Waals surface area contributed by atoms with Crippen LogP contribution in [-0.4, -0.2) is 95.1 Å². The van der Waals surface area contributed by atoms with Gasteiger partial charge in [0, 0.05) is 32.1 Å². The number of piperidine rings is 2. The van der Waals surface area contributed by atoms with E-state index in [1.54, 1.807) is 11.8 Å². The predicted molar refractivity (Wildman–Crippen MR) is 191 cm³/mol. The van der Waals surface area contributed by atoms with E-state index in [2.05, 4.69) is 35.1 Å². The molecule has 0 bridgehead atoms. The third-order valence-corrected chi connectivity index (χ3v) is 12.2. The number of nitrogens with one attached hydrogen (secondary N) is 4. The van der Waals surface area contributed by atoms with E-state index in [0.29, 0.717) is 38.9 Å². The van der Waals surface area contributed by atoms with Gasteiger partial charge >= 0.3 is 6.03 Å². The first kappa shape index (κ1) is 36.8. The highest BCUT2D eigenvalue weighted by atomic mass is 16.2. The van der Waals surface area contributed by atoms with E-state index in [4.69, 9.17) is 0 Å². The predicted octanol–water partition coefficient (Wildman–Crippen LogP) is 2.72. The second kappa shape index (κ2) is 14.2. The van der Waals surface area contributed by atoms with Gasteiger partial charge in [-0.25, -0.2) is 4.79 Å². The molecule has 0 radical (unpaired) electrons. The van der Waals surface area contributed by atoms with Gasteiger partial charge in [-0.2, -0.15) is 0 Å². The number of fused-ring (bicyclic) bond motifs is 2. The number of Topliss-reactive ketones (excluding diaryl/α,β-unsaturated/α-hetero) is 1. The first-order chi connectivity index (χ1) is 24.1. The van der Waals surface area contributed by atoms with Crippen LogP contribution in [0.4, 0.5) is 4.79 Å². The number of nitrogens with zero attached hydrogens (tertiary/aromatic N) is 2. The van der Waals surface area contributed by atoms with Crippen molar-refractivity contribution in [1.82, 2.24) is 31.1 Å².